The molecule has 1 saturated heterocycles. The molecular formula is C21H22ClN5O2. The van der Waals surface area contributed by atoms with Crippen molar-refractivity contribution < 1.29 is 9.53 Å². The van der Waals surface area contributed by atoms with E-state index in [4.69, 9.17) is 16.3 Å². The van der Waals surface area contributed by atoms with Gasteiger partial charge < -0.3 is 9.64 Å². The number of ether oxygens (including phenoxy) is 1. The number of amides is 1. The van der Waals surface area contributed by atoms with Crippen molar-refractivity contribution in [3.63, 3.8) is 0 Å². The lowest BCUT2D eigenvalue weighted by Crippen LogP contribution is -2.37. The number of rotatable bonds is 7. The molecule has 0 bridgehead atoms. The van der Waals surface area contributed by atoms with Crippen molar-refractivity contribution in [2.24, 2.45) is 0 Å². The smallest absolute Gasteiger partial charge is 0.276 e. The molecule has 0 N–H and O–H groups in total. The maximum Gasteiger partial charge on any atom is 0.276 e. The first-order valence-corrected chi connectivity index (χ1v) is 10.0. The number of pyridine rings is 1. The zero-order chi connectivity index (χ0) is 20.1. The van der Waals surface area contributed by atoms with Gasteiger partial charge in [-0.2, -0.15) is 0 Å². The Labute approximate surface area is 174 Å². The first-order valence-electron chi connectivity index (χ1n) is 9.63. The highest BCUT2D eigenvalue weighted by Crippen LogP contribution is 2.18. The molecule has 0 saturated carbocycles. The normalized spacial score (nSPS) is 16.1. The second-order valence-corrected chi connectivity index (χ2v) is 7.44. The Morgan fingerprint density at radius 3 is 2.86 bits per heavy atom. The molecular weight excluding hydrogens is 390 g/mol. The number of benzene rings is 1. The third kappa shape index (κ3) is 4.99. The number of aromatic nitrogens is 4. The molecule has 1 aromatic carbocycles. The molecule has 29 heavy (non-hydrogen) atoms. The standard InChI is InChI=1S/C21H22ClN5O2/c22-19-9-2-1-6-16(19)12-27-15-20(24-25-27)21(28)26(14-18-8-5-11-29-18)13-17-7-3-4-10-23-17/h1-4,6-7,9-10,15,18H,5,8,11-14H2. The minimum Gasteiger partial charge on any atom is -0.376 e. The maximum absolute atomic E-state index is 13.2. The van der Waals surface area contributed by atoms with E-state index in [-0.39, 0.29) is 12.0 Å². The van der Waals surface area contributed by atoms with Crippen molar-refractivity contribution in [1.82, 2.24) is 24.9 Å². The van der Waals surface area contributed by atoms with Gasteiger partial charge in [0.15, 0.2) is 5.69 Å². The summed E-state index contributed by atoms with van der Waals surface area (Å²) in [6.07, 6.45) is 5.40. The molecule has 4 rings (SSSR count). The van der Waals surface area contributed by atoms with E-state index in [0.717, 1.165) is 30.7 Å². The van der Waals surface area contributed by atoms with Crippen LogP contribution in [0.5, 0.6) is 0 Å². The Kier molecular flexibility index (Phi) is 6.17. The van der Waals surface area contributed by atoms with E-state index in [0.29, 0.717) is 30.4 Å². The van der Waals surface area contributed by atoms with E-state index in [1.807, 2.05) is 42.5 Å². The van der Waals surface area contributed by atoms with Gasteiger partial charge in [-0.1, -0.05) is 41.1 Å². The van der Waals surface area contributed by atoms with Gasteiger partial charge in [-0.15, -0.1) is 5.10 Å². The van der Waals surface area contributed by atoms with Gasteiger partial charge in [-0.3, -0.25) is 9.78 Å². The number of hydrogen-bond acceptors (Lipinski definition) is 5. The SMILES string of the molecule is O=C(c1cn(Cc2ccccc2Cl)nn1)N(Cc1ccccn1)CC1CCCO1. The summed E-state index contributed by atoms with van der Waals surface area (Å²) in [7, 11) is 0. The summed E-state index contributed by atoms with van der Waals surface area (Å²) >= 11 is 6.22. The maximum atomic E-state index is 13.2. The van der Waals surface area contributed by atoms with E-state index in [2.05, 4.69) is 15.3 Å². The second kappa shape index (κ2) is 9.15. The summed E-state index contributed by atoms with van der Waals surface area (Å²) in [5.74, 6) is -0.184. The van der Waals surface area contributed by atoms with Crippen LogP contribution in [0.25, 0.3) is 0 Å². The number of nitrogens with zero attached hydrogens (tertiary/aromatic N) is 5. The van der Waals surface area contributed by atoms with E-state index >= 15 is 0 Å². The molecule has 2 aromatic heterocycles. The Morgan fingerprint density at radius 2 is 2.10 bits per heavy atom. The van der Waals surface area contributed by atoms with Crippen molar-refractivity contribution in [1.29, 1.82) is 0 Å². The molecule has 1 unspecified atom stereocenters. The lowest BCUT2D eigenvalue weighted by molar-refractivity contribution is 0.0500. The van der Waals surface area contributed by atoms with Gasteiger partial charge in [0.1, 0.15) is 0 Å². The van der Waals surface area contributed by atoms with E-state index < -0.39 is 0 Å². The first-order chi connectivity index (χ1) is 14.2. The summed E-state index contributed by atoms with van der Waals surface area (Å²) in [6.45, 7) is 2.10. The minimum absolute atomic E-state index is 0.0424. The van der Waals surface area contributed by atoms with Crippen LogP contribution in [0.2, 0.25) is 5.02 Å². The topological polar surface area (TPSA) is 73.1 Å². The van der Waals surface area contributed by atoms with Crippen LogP contribution in [-0.2, 0) is 17.8 Å². The summed E-state index contributed by atoms with van der Waals surface area (Å²) < 4.78 is 7.36. The van der Waals surface area contributed by atoms with Crippen LogP contribution in [0.1, 0.15) is 34.6 Å². The van der Waals surface area contributed by atoms with Gasteiger partial charge in [-0.25, -0.2) is 4.68 Å². The molecule has 0 spiro atoms. The molecule has 1 atom stereocenters. The molecule has 1 fully saturated rings. The fourth-order valence-corrected chi connectivity index (χ4v) is 3.57. The fraction of sp³-hybridized carbons (Fsp3) is 0.333. The minimum atomic E-state index is -0.184. The Balaban J connectivity index is 1.50. The van der Waals surface area contributed by atoms with Crippen LogP contribution in [0.15, 0.2) is 54.9 Å². The predicted molar refractivity (Wildman–Crippen MR) is 109 cm³/mol. The average Bonchev–Trinajstić information content (AvgIpc) is 3.42. The van der Waals surface area contributed by atoms with Crippen LogP contribution in [0.4, 0.5) is 0 Å². The highest BCUT2D eigenvalue weighted by molar-refractivity contribution is 6.31. The average molecular weight is 412 g/mol. The number of hydrogen-bond donors (Lipinski definition) is 0. The zero-order valence-corrected chi connectivity index (χ0v) is 16.7. The summed E-state index contributed by atoms with van der Waals surface area (Å²) in [5, 5.41) is 8.86. The largest absolute Gasteiger partial charge is 0.376 e. The van der Waals surface area contributed by atoms with Crippen molar-refractivity contribution in [2.45, 2.75) is 32.0 Å². The monoisotopic (exact) mass is 411 g/mol. The third-order valence-electron chi connectivity index (χ3n) is 4.86. The predicted octanol–water partition coefficient (Wildman–Crippen LogP) is 3.20. The number of carbonyl (C=O) groups is 1. The summed E-state index contributed by atoms with van der Waals surface area (Å²) in [5.41, 5.74) is 2.04. The van der Waals surface area contributed by atoms with Gasteiger partial charge in [0.25, 0.3) is 5.91 Å². The molecule has 1 aliphatic rings. The van der Waals surface area contributed by atoms with Gasteiger partial charge in [0.2, 0.25) is 0 Å². The molecule has 0 radical (unpaired) electrons. The first kappa shape index (κ1) is 19.5. The Hall–Kier alpha value is -2.77. The molecule has 3 heterocycles. The van der Waals surface area contributed by atoms with Crippen LogP contribution in [-0.4, -0.2) is 50.0 Å². The van der Waals surface area contributed by atoms with Gasteiger partial charge >= 0.3 is 0 Å². The second-order valence-electron chi connectivity index (χ2n) is 7.03. The molecule has 1 amide bonds. The van der Waals surface area contributed by atoms with Crippen LogP contribution >= 0.6 is 11.6 Å². The van der Waals surface area contributed by atoms with Crippen LogP contribution < -0.4 is 0 Å². The van der Waals surface area contributed by atoms with Gasteiger partial charge in [0.05, 0.1) is 31.1 Å². The molecule has 8 heteroatoms. The Bertz CT molecular complexity index is 956. The molecule has 0 aliphatic carbocycles. The van der Waals surface area contributed by atoms with Crippen molar-refractivity contribution in [3.8, 4) is 0 Å². The van der Waals surface area contributed by atoms with Gasteiger partial charge in [0, 0.05) is 24.4 Å². The molecule has 1 aliphatic heterocycles. The lowest BCUT2D eigenvalue weighted by Gasteiger charge is -2.24. The van der Waals surface area contributed by atoms with Crippen LogP contribution in [0, 0.1) is 0 Å². The quantitative estimate of drug-likeness (QED) is 0.597. The van der Waals surface area contributed by atoms with E-state index in [1.165, 1.54) is 0 Å². The molecule has 3 aromatic rings. The van der Waals surface area contributed by atoms with Crippen LogP contribution in [0.3, 0.4) is 0 Å². The Morgan fingerprint density at radius 1 is 1.24 bits per heavy atom. The zero-order valence-electron chi connectivity index (χ0n) is 15.9. The van der Waals surface area contributed by atoms with E-state index in [9.17, 15) is 4.79 Å². The molecule has 7 nitrogen and oxygen atoms in total. The highest BCUT2D eigenvalue weighted by Gasteiger charge is 2.25. The van der Waals surface area contributed by atoms with E-state index in [1.54, 1.807) is 22.0 Å². The summed E-state index contributed by atoms with van der Waals surface area (Å²) in [6, 6.07) is 13.2. The molecule has 150 valence electrons. The third-order valence-corrected chi connectivity index (χ3v) is 5.23. The van der Waals surface area contributed by atoms with Crippen molar-refractivity contribution in [2.75, 3.05) is 13.2 Å². The fourth-order valence-electron chi connectivity index (χ4n) is 3.38. The highest BCUT2D eigenvalue weighted by atomic mass is 35.5. The number of halogens is 1. The lowest BCUT2D eigenvalue weighted by atomic mass is 10.2. The van der Waals surface area contributed by atoms with Crippen molar-refractivity contribution in [3.05, 3.63) is 76.8 Å². The van der Waals surface area contributed by atoms with Gasteiger partial charge in [-0.05, 0) is 36.6 Å². The van der Waals surface area contributed by atoms with Crippen molar-refractivity contribution >= 4 is 17.5 Å². The summed E-state index contributed by atoms with van der Waals surface area (Å²) in [4.78, 5) is 19.3. The number of carbonyl (C=O) groups excluding carboxylic acids is 1.